The first-order valence-corrected chi connectivity index (χ1v) is 8.95. The number of thiocarbonyl (C=S) groups is 1. The summed E-state index contributed by atoms with van der Waals surface area (Å²) in [7, 11) is 1.76. The molecule has 2 N–H and O–H groups in total. The highest BCUT2D eigenvalue weighted by molar-refractivity contribution is 7.80. The molecule has 2 aromatic carbocycles. The van der Waals surface area contributed by atoms with Gasteiger partial charge in [-0.05, 0) is 42.8 Å². The molecular weight excluding hydrogens is 346 g/mol. The van der Waals surface area contributed by atoms with Crippen molar-refractivity contribution in [2.24, 2.45) is 5.92 Å². The minimum Gasteiger partial charge on any atom is -0.337 e. The van der Waals surface area contributed by atoms with Crippen molar-refractivity contribution in [1.29, 1.82) is 0 Å². The number of hydrogen-bond acceptors (Lipinski definition) is 3. The van der Waals surface area contributed by atoms with Gasteiger partial charge in [-0.15, -0.1) is 0 Å². The number of hydrogen-bond donors (Lipinski definition) is 2. The number of carbonyl (C=O) groups is 2. The Bertz CT molecular complexity index is 819. The van der Waals surface area contributed by atoms with Gasteiger partial charge in [-0.1, -0.05) is 42.5 Å². The van der Waals surface area contributed by atoms with Gasteiger partial charge in [0.25, 0.3) is 5.91 Å². The standard InChI is InChI=1S/C20H21N3O2S/c1-23(13-14-7-3-2-4-8-14)19(25)16-9-5-6-10-17(16)21-20(26)22-18(24)15-11-12-15/h2-10,15H,11-13H2,1H3,(H2,21,22,24,26). The average Bonchev–Trinajstić information content (AvgIpc) is 3.47. The van der Waals surface area contributed by atoms with Crippen molar-refractivity contribution < 1.29 is 9.59 Å². The number of nitrogens with one attached hydrogen (secondary N) is 2. The maximum absolute atomic E-state index is 12.8. The Morgan fingerprint density at radius 1 is 1.08 bits per heavy atom. The summed E-state index contributed by atoms with van der Waals surface area (Å²) >= 11 is 5.21. The summed E-state index contributed by atoms with van der Waals surface area (Å²) in [6, 6.07) is 17.0. The lowest BCUT2D eigenvalue weighted by Gasteiger charge is -2.20. The van der Waals surface area contributed by atoms with Crippen molar-refractivity contribution >= 4 is 34.8 Å². The van der Waals surface area contributed by atoms with Crippen molar-refractivity contribution in [2.75, 3.05) is 12.4 Å². The molecule has 2 aromatic rings. The Morgan fingerprint density at radius 3 is 2.42 bits per heavy atom. The van der Waals surface area contributed by atoms with Crippen LogP contribution in [0.5, 0.6) is 0 Å². The van der Waals surface area contributed by atoms with E-state index in [1.54, 1.807) is 30.1 Å². The van der Waals surface area contributed by atoms with Crippen LogP contribution in [0, 0.1) is 5.92 Å². The Morgan fingerprint density at radius 2 is 1.73 bits per heavy atom. The zero-order valence-corrected chi connectivity index (χ0v) is 15.4. The minimum absolute atomic E-state index is 0.0625. The summed E-state index contributed by atoms with van der Waals surface area (Å²) in [6.07, 6.45) is 1.82. The van der Waals surface area contributed by atoms with Crippen LogP contribution >= 0.6 is 12.2 Å². The molecule has 134 valence electrons. The summed E-state index contributed by atoms with van der Waals surface area (Å²) in [5, 5.41) is 5.87. The molecule has 6 heteroatoms. The van der Waals surface area contributed by atoms with Crippen LogP contribution in [-0.4, -0.2) is 28.9 Å². The summed E-state index contributed by atoms with van der Waals surface area (Å²) in [5.41, 5.74) is 2.15. The van der Waals surface area contributed by atoms with E-state index in [9.17, 15) is 9.59 Å². The van der Waals surface area contributed by atoms with Gasteiger partial charge in [0.1, 0.15) is 0 Å². The molecule has 0 radical (unpaired) electrons. The molecule has 1 saturated carbocycles. The van der Waals surface area contributed by atoms with Crippen LogP contribution in [-0.2, 0) is 11.3 Å². The second-order valence-corrected chi connectivity index (χ2v) is 6.82. The molecule has 2 amide bonds. The number of nitrogens with zero attached hydrogens (tertiary/aromatic N) is 1. The van der Waals surface area contributed by atoms with E-state index in [4.69, 9.17) is 12.2 Å². The largest absolute Gasteiger partial charge is 0.337 e. The van der Waals surface area contributed by atoms with Gasteiger partial charge in [0.2, 0.25) is 5.91 Å². The molecule has 1 aliphatic carbocycles. The molecule has 0 atom stereocenters. The number of para-hydroxylation sites is 1. The minimum atomic E-state index is -0.117. The SMILES string of the molecule is CN(Cc1ccccc1)C(=O)c1ccccc1NC(=S)NC(=O)C1CC1. The molecule has 0 spiro atoms. The molecular formula is C20H21N3O2S. The first kappa shape index (κ1) is 18.1. The molecule has 5 nitrogen and oxygen atoms in total. The summed E-state index contributed by atoms with van der Waals surface area (Å²) in [4.78, 5) is 26.3. The van der Waals surface area contributed by atoms with Gasteiger partial charge in [-0.2, -0.15) is 0 Å². The fourth-order valence-corrected chi connectivity index (χ4v) is 2.84. The van der Waals surface area contributed by atoms with E-state index < -0.39 is 0 Å². The topological polar surface area (TPSA) is 61.4 Å². The molecule has 0 aromatic heterocycles. The van der Waals surface area contributed by atoms with E-state index in [1.165, 1.54) is 0 Å². The molecule has 1 aliphatic rings. The molecule has 0 saturated heterocycles. The molecule has 0 unspecified atom stereocenters. The third-order valence-corrected chi connectivity index (χ3v) is 4.40. The van der Waals surface area contributed by atoms with Gasteiger partial charge in [-0.3, -0.25) is 9.59 Å². The van der Waals surface area contributed by atoms with Crippen molar-refractivity contribution in [3.05, 3.63) is 65.7 Å². The molecule has 0 bridgehead atoms. The molecule has 26 heavy (non-hydrogen) atoms. The van der Waals surface area contributed by atoms with Crippen LogP contribution in [0.3, 0.4) is 0 Å². The Labute approximate surface area is 158 Å². The van der Waals surface area contributed by atoms with Gasteiger partial charge in [0, 0.05) is 19.5 Å². The van der Waals surface area contributed by atoms with E-state index in [1.807, 2.05) is 36.4 Å². The zero-order valence-electron chi connectivity index (χ0n) is 14.6. The lowest BCUT2D eigenvalue weighted by atomic mass is 10.1. The van der Waals surface area contributed by atoms with Crippen LogP contribution < -0.4 is 10.6 Å². The van der Waals surface area contributed by atoms with Crippen LogP contribution in [0.2, 0.25) is 0 Å². The molecule has 0 heterocycles. The first-order valence-electron chi connectivity index (χ1n) is 8.55. The monoisotopic (exact) mass is 367 g/mol. The van der Waals surface area contributed by atoms with Crippen LogP contribution in [0.15, 0.2) is 54.6 Å². The maximum atomic E-state index is 12.8. The summed E-state index contributed by atoms with van der Waals surface area (Å²) in [5.74, 6) is -0.107. The van der Waals surface area contributed by atoms with Gasteiger partial charge >= 0.3 is 0 Å². The van der Waals surface area contributed by atoms with E-state index in [0.29, 0.717) is 17.8 Å². The first-order chi connectivity index (χ1) is 12.5. The number of anilines is 1. The van der Waals surface area contributed by atoms with Crippen LogP contribution in [0.25, 0.3) is 0 Å². The van der Waals surface area contributed by atoms with Gasteiger partial charge in [-0.25, -0.2) is 0 Å². The molecule has 1 fully saturated rings. The lowest BCUT2D eigenvalue weighted by molar-refractivity contribution is -0.120. The van der Waals surface area contributed by atoms with Crippen LogP contribution in [0.4, 0.5) is 5.69 Å². The predicted octanol–water partition coefficient (Wildman–Crippen LogP) is 3.18. The highest BCUT2D eigenvalue weighted by atomic mass is 32.1. The Balaban J connectivity index is 1.68. The number of carbonyl (C=O) groups excluding carboxylic acids is 2. The lowest BCUT2D eigenvalue weighted by Crippen LogP contribution is -2.36. The van der Waals surface area contributed by atoms with Gasteiger partial charge in [0.15, 0.2) is 5.11 Å². The van der Waals surface area contributed by atoms with Crippen molar-refractivity contribution in [3.8, 4) is 0 Å². The highest BCUT2D eigenvalue weighted by Gasteiger charge is 2.30. The summed E-state index contributed by atoms with van der Waals surface area (Å²) in [6.45, 7) is 0.511. The van der Waals surface area contributed by atoms with E-state index in [0.717, 1.165) is 18.4 Å². The van der Waals surface area contributed by atoms with E-state index in [-0.39, 0.29) is 22.8 Å². The second-order valence-electron chi connectivity index (χ2n) is 6.41. The zero-order chi connectivity index (χ0) is 18.5. The smallest absolute Gasteiger partial charge is 0.256 e. The average molecular weight is 367 g/mol. The third-order valence-electron chi connectivity index (χ3n) is 4.20. The van der Waals surface area contributed by atoms with Crippen LogP contribution in [0.1, 0.15) is 28.8 Å². The fourth-order valence-electron chi connectivity index (χ4n) is 2.63. The maximum Gasteiger partial charge on any atom is 0.256 e. The number of rotatable bonds is 5. The van der Waals surface area contributed by atoms with Crippen molar-refractivity contribution in [3.63, 3.8) is 0 Å². The van der Waals surface area contributed by atoms with Crippen molar-refractivity contribution in [2.45, 2.75) is 19.4 Å². The van der Waals surface area contributed by atoms with E-state index >= 15 is 0 Å². The number of amides is 2. The fraction of sp³-hybridized carbons (Fsp3) is 0.250. The van der Waals surface area contributed by atoms with Crippen molar-refractivity contribution in [1.82, 2.24) is 10.2 Å². The van der Waals surface area contributed by atoms with E-state index in [2.05, 4.69) is 10.6 Å². The quantitative estimate of drug-likeness (QED) is 0.797. The predicted molar refractivity (Wildman–Crippen MR) is 106 cm³/mol. The Kier molecular flexibility index (Phi) is 5.63. The number of benzene rings is 2. The second kappa shape index (κ2) is 8.10. The summed E-state index contributed by atoms with van der Waals surface area (Å²) < 4.78 is 0. The normalized spacial score (nSPS) is 13.0. The molecule has 3 rings (SSSR count). The van der Waals surface area contributed by atoms with Gasteiger partial charge < -0.3 is 15.5 Å². The highest BCUT2D eigenvalue weighted by Crippen LogP contribution is 2.28. The Hall–Kier alpha value is -2.73. The molecule has 0 aliphatic heterocycles. The third kappa shape index (κ3) is 4.67. The van der Waals surface area contributed by atoms with Gasteiger partial charge in [0.05, 0.1) is 11.3 Å².